The lowest BCUT2D eigenvalue weighted by molar-refractivity contribution is -0.118. The average Bonchev–Trinajstić information content (AvgIpc) is 3.26. The van der Waals surface area contributed by atoms with E-state index >= 15 is 0 Å². The van der Waals surface area contributed by atoms with Gasteiger partial charge >= 0.3 is 0 Å². The van der Waals surface area contributed by atoms with Gasteiger partial charge < -0.3 is 15.6 Å². The average molecular weight is 367 g/mol. The summed E-state index contributed by atoms with van der Waals surface area (Å²) in [5.74, 6) is 0.0818. The lowest BCUT2D eigenvalue weighted by atomic mass is 10.1. The maximum atomic E-state index is 12.4. The minimum absolute atomic E-state index is 0.114. The number of carbonyl (C=O) groups excluding carboxylic acids is 2. The molecule has 0 spiro atoms. The summed E-state index contributed by atoms with van der Waals surface area (Å²) < 4.78 is 0. The fourth-order valence-electron chi connectivity index (χ4n) is 2.90. The number of hydrogen-bond donors (Lipinski definition) is 3. The van der Waals surface area contributed by atoms with E-state index in [0.29, 0.717) is 18.7 Å². The number of nitrogens with zero attached hydrogens (tertiary/aromatic N) is 2. The van der Waals surface area contributed by atoms with Crippen LogP contribution in [0.1, 0.15) is 33.3 Å². The van der Waals surface area contributed by atoms with Crippen LogP contribution in [-0.2, 0) is 17.6 Å². The van der Waals surface area contributed by atoms with Crippen LogP contribution >= 0.6 is 11.3 Å². The predicted octanol–water partition coefficient (Wildman–Crippen LogP) is 2.14. The summed E-state index contributed by atoms with van der Waals surface area (Å²) in [6.45, 7) is 0. The smallest absolute Gasteiger partial charge is 0.289 e. The molecule has 1 aliphatic heterocycles. The van der Waals surface area contributed by atoms with Gasteiger partial charge in [0, 0.05) is 11.3 Å². The highest BCUT2D eigenvalue weighted by Crippen LogP contribution is 2.27. The Balaban J connectivity index is 1.40. The first-order valence-corrected chi connectivity index (χ1v) is 9.20. The number of thiophene rings is 1. The number of fused-ring (bicyclic) bond motifs is 1. The molecule has 2 amide bonds. The number of nitrogens with one attached hydrogen (secondary N) is 3. The van der Waals surface area contributed by atoms with Crippen molar-refractivity contribution in [2.24, 2.45) is 0 Å². The Bertz CT molecular complexity index is 934. The lowest BCUT2D eigenvalue weighted by Crippen LogP contribution is -2.43. The summed E-state index contributed by atoms with van der Waals surface area (Å²) in [6, 6.07) is 11.1. The number of carbonyl (C=O) groups is 2. The number of benzene rings is 1. The van der Waals surface area contributed by atoms with Crippen LogP contribution in [0, 0.1) is 0 Å². The summed E-state index contributed by atoms with van der Waals surface area (Å²) in [6.07, 6.45) is 1.85. The van der Waals surface area contributed by atoms with E-state index in [1.807, 2.05) is 41.8 Å². The number of aromatic amines is 1. The Hall–Kier alpha value is -3.00. The molecule has 1 unspecified atom stereocenters. The number of aryl methyl sites for hydroxylation is 1. The van der Waals surface area contributed by atoms with Gasteiger partial charge in [-0.05, 0) is 29.9 Å². The number of H-pyrrole nitrogens is 1. The van der Waals surface area contributed by atoms with Crippen molar-refractivity contribution < 1.29 is 9.59 Å². The number of anilines is 1. The molecule has 3 heterocycles. The van der Waals surface area contributed by atoms with Gasteiger partial charge in [-0.3, -0.25) is 9.59 Å². The van der Waals surface area contributed by atoms with E-state index in [1.165, 1.54) is 0 Å². The van der Waals surface area contributed by atoms with Gasteiger partial charge in [0.25, 0.3) is 5.91 Å². The molecule has 0 saturated carbocycles. The molecule has 0 fully saturated rings. The van der Waals surface area contributed by atoms with E-state index in [9.17, 15) is 9.59 Å². The molecule has 1 aromatic carbocycles. The van der Waals surface area contributed by atoms with Gasteiger partial charge in [0.1, 0.15) is 11.9 Å². The molecule has 0 radical (unpaired) electrons. The first-order chi connectivity index (χ1) is 12.7. The Morgan fingerprint density at radius 3 is 2.92 bits per heavy atom. The summed E-state index contributed by atoms with van der Waals surface area (Å²) in [5, 5.41) is 15.5. The topological polar surface area (TPSA) is 99.8 Å². The van der Waals surface area contributed by atoms with Gasteiger partial charge in [-0.1, -0.05) is 30.3 Å². The fourth-order valence-corrected chi connectivity index (χ4v) is 3.75. The van der Waals surface area contributed by atoms with Gasteiger partial charge in [-0.2, -0.15) is 0 Å². The van der Waals surface area contributed by atoms with Crippen LogP contribution in [0.5, 0.6) is 0 Å². The molecule has 1 aliphatic rings. The first-order valence-electron chi connectivity index (χ1n) is 8.32. The van der Waals surface area contributed by atoms with Crippen molar-refractivity contribution in [3.63, 3.8) is 0 Å². The zero-order valence-corrected chi connectivity index (χ0v) is 14.7. The number of rotatable bonds is 4. The Labute approximate surface area is 153 Å². The highest BCUT2D eigenvalue weighted by Gasteiger charge is 2.27. The van der Waals surface area contributed by atoms with Gasteiger partial charge in [0.05, 0.1) is 5.69 Å². The molecule has 1 atom stereocenters. The quantitative estimate of drug-likeness (QED) is 0.658. The molecular formula is C18H17N5O2S. The van der Waals surface area contributed by atoms with Crippen molar-refractivity contribution in [1.82, 2.24) is 20.5 Å². The Morgan fingerprint density at radius 1 is 1.23 bits per heavy atom. The zero-order valence-electron chi connectivity index (χ0n) is 13.9. The highest BCUT2D eigenvalue weighted by molar-refractivity contribution is 7.10. The van der Waals surface area contributed by atoms with E-state index < -0.39 is 11.9 Å². The van der Waals surface area contributed by atoms with E-state index in [0.717, 1.165) is 22.5 Å². The maximum Gasteiger partial charge on any atom is 0.289 e. The van der Waals surface area contributed by atoms with Crippen molar-refractivity contribution in [3.05, 3.63) is 63.9 Å². The molecule has 3 aromatic rings. The molecule has 0 saturated heterocycles. The van der Waals surface area contributed by atoms with Gasteiger partial charge in [0.15, 0.2) is 0 Å². The number of amides is 2. The van der Waals surface area contributed by atoms with Crippen molar-refractivity contribution in [2.75, 3.05) is 5.32 Å². The second-order valence-corrected chi connectivity index (χ2v) is 7.09. The summed E-state index contributed by atoms with van der Waals surface area (Å²) >= 11 is 1.61. The van der Waals surface area contributed by atoms with Crippen LogP contribution in [-0.4, -0.2) is 33.0 Å². The van der Waals surface area contributed by atoms with Crippen LogP contribution in [0.4, 0.5) is 5.69 Å². The summed E-state index contributed by atoms with van der Waals surface area (Å²) in [5.41, 5.74) is 1.91. The highest BCUT2D eigenvalue weighted by atomic mass is 32.1. The molecule has 8 heteroatoms. The fraction of sp³-hybridized carbons (Fsp3) is 0.222. The molecular weight excluding hydrogens is 350 g/mol. The van der Waals surface area contributed by atoms with Crippen molar-refractivity contribution in [2.45, 2.75) is 25.3 Å². The first kappa shape index (κ1) is 16.5. The molecule has 26 heavy (non-hydrogen) atoms. The van der Waals surface area contributed by atoms with Gasteiger partial charge in [0.2, 0.25) is 11.7 Å². The predicted molar refractivity (Wildman–Crippen MR) is 98.2 cm³/mol. The van der Waals surface area contributed by atoms with Gasteiger partial charge in [-0.15, -0.1) is 21.5 Å². The van der Waals surface area contributed by atoms with E-state index in [4.69, 9.17) is 0 Å². The monoisotopic (exact) mass is 367 g/mol. The lowest BCUT2D eigenvalue weighted by Gasteiger charge is -2.14. The largest absolute Gasteiger partial charge is 0.337 e. The minimum Gasteiger partial charge on any atom is -0.337 e. The van der Waals surface area contributed by atoms with Crippen LogP contribution in [0.3, 0.4) is 0 Å². The zero-order chi connectivity index (χ0) is 17.9. The molecule has 4 rings (SSSR count). The Kier molecular flexibility index (Phi) is 4.49. The minimum atomic E-state index is -0.593. The second kappa shape index (κ2) is 7.09. The van der Waals surface area contributed by atoms with E-state index in [-0.39, 0.29) is 11.7 Å². The molecule has 0 bridgehead atoms. The van der Waals surface area contributed by atoms with Crippen molar-refractivity contribution in [3.8, 4) is 0 Å². The standard InChI is InChI=1S/C18H17N5O2S/c24-17-13(6-7-14-12(19-17)8-9-26-14)20-18(25)16-21-15(22-23-16)10-11-4-2-1-3-5-11/h1-5,8-9,13H,6-7,10H2,(H,19,24)(H,20,25)(H,21,22,23). The molecule has 3 N–H and O–H groups in total. The van der Waals surface area contributed by atoms with E-state index in [1.54, 1.807) is 11.3 Å². The summed E-state index contributed by atoms with van der Waals surface area (Å²) in [4.78, 5) is 28.8. The second-order valence-electron chi connectivity index (χ2n) is 6.09. The van der Waals surface area contributed by atoms with Crippen LogP contribution in [0.15, 0.2) is 41.8 Å². The molecule has 7 nitrogen and oxygen atoms in total. The van der Waals surface area contributed by atoms with Crippen LogP contribution in [0.2, 0.25) is 0 Å². The summed E-state index contributed by atoms with van der Waals surface area (Å²) in [7, 11) is 0. The van der Waals surface area contributed by atoms with Crippen LogP contribution in [0.25, 0.3) is 0 Å². The number of aromatic nitrogens is 3. The number of hydrogen-bond acceptors (Lipinski definition) is 5. The van der Waals surface area contributed by atoms with Crippen LogP contribution < -0.4 is 10.6 Å². The van der Waals surface area contributed by atoms with Gasteiger partial charge in [-0.25, -0.2) is 0 Å². The Morgan fingerprint density at radius 2 is 2.08 bits per heavy atom. The molecule has 0 aliphatic carbocycles. The normalized spacial score (nSPS) is 16.5. The third kappa shape index (κ3) is 3.50. The third-order valence-electron chi connectivity index (χ3n) is 4.25. The molecule has 2 aromatic heterocycles. The van der Waals surface area contributed by atoms with Crippen molar-refractivity contribution in [1.29, 1.82) is 0 Å². The van der Waals surface area contributed by atoms with E-state index in [2.05, 4.69) is 25.8 Å². The van der Waals surface area contributed by atoms with Crippen molar-refractivity contribution >= 4 is 28.8 Å². The third-order valence-corrected chi connectivity index (χ3v) is 5.23. The maximum absolute atomic E-state index is 12.4. The SMILES string of the molecule is O=C(NC1CCc2sccc2NC1=O)c1nnc(Cc2ccccc2)[nH]1. The molecule has 132 valence electrons.